The van der Waals surface area contributed by atoms with Crippen LogP contribution in [0.25, 0.3) is 0 Å². The van der Waals surface area contributed by atoms with Crippen LogP contribution >= 0.6 is 0 Å². The molecule has 1 N–H and O–H groups in total. The fraction of sp³-hybridized carbons (Fsp3) is 0.545. The van der Waals surface area contributed by atoms with Crippen LogP contribution in [0.3, 0.4) is 0 Å². The molecule has 1 atom stereocenters. The molecule has 33 heavy (non-hydrogen) atoms. The average Bonchev–Trinajstić information content (AvgIpc) is 3.28. The number of carbonyl (C=O) groups excluding carboxylic acids is 1. The Bertz CT molecular complexity index is 1280. The van der Waals surface area contributed by atoms with Crippen LogP contribution in [0.15, 0.2) is 29.2 Å². The molecule has 1 unspecified atom stereocenters. The van der Waals surface area contributed by atoms with E-state index >= 15 is 0 Å². The maximum absolute atomic E-state index is 13.1. The van der Waals surface area contributed by atoms with Gasteiger partial charge in [0.1, 0.15) is 5.82 Å². The van der Waals surface area contributed by atoms with Crippen molar-refractivity contribution in [2.24, 2.45) is 5.92 Å². The molecule has 2 aliphatic rings. The van der Waals surface area contributed by atoms with E-state index in [1.165, 1.54) is 4.31 Å². The first-order valence-electron chi connectivity index (χ1n) is 11.1. The molecule has 2 aromatic rings. The zero-order chi connectivity index (χ0) is 24.0. The molecule has 4 rings (SSSR count). The topological polar surface area (TPSA) is 118 Å². The van der Waals surface area contributed by atoms with E-state index in [2.05, 4.69) is 10.4 Å². The van der Waals surface area contributed by atoms with Crippen molar-refractivity contribution in [2.45, 2.75) is 51.0 Å². The third-order valence-electron chi connectivity index (χ3n) is 6.44. The number of nitrogens with one attached hydrogen (secondary N) is 1. The zero-order valence-corrected chi connectivity index (χ0v) is 20.7. The van der Waals surface area contributed by atoms with Crippen LogP contribution in [0.2, 0.25) is 0 Å². The molecule has 9 nitrogen and oxygen atoms in total. The minimum Gasteiger partial charge on any atom is -0.311 e. The van der Waals surface area contributed by atoms with Crippen LogP contribution in [-0.2, 0) is 24.7 Å². The molecule has 1 amide bonds. The highest BCUT2D eigenvalue weighted by Gasteiger charge is 2.34. The minimum atomic E-state index is -3.61. The number of amides is 1. The first kappa shape index (κ1) is 23.9. The molecular weight excluding hydrogens is 464 g/mol. The first-order valence-corrected chi connectivity index (χ1v) is 14.4. The van der Waals surface area contributed by atoms with Gasteiger partial charge in [0, 0.05) is 25.1 Å². The number of benzene rings is 1. The van der Waals surface area contributed by atoms with Crippen LogP contribution < -0.4 is 5.32 Å². The quantitative estimate of drug-likeness (QED) is 0.681. The summed E-state index contributed by atoms with van der Waals surface area (Å²) in [5.41, 5.74) is 2.42. The third-order valence-corrected chi connectivity index (χ3v) is 10.2. The summed E-state index contributed by atoms with van der Waals surface area (Å²) in [6.45, 7) is 6.05. The van der Waals surface area contributed by atoms with E-state index in [1.807, 2.05) is 13.0 Å². The summed E-state index contributed by atoms with van der Waals surface area (Å²) in [5, 5.41) is 7.30. The van der Waals surface area contributed by atoms with Crippen molar-refractivity contribution in [1.29, 1.82) is 0 Å². The largest absolute Gasteiger partial charge is 0.311 e. The Kier molecular flexibility index (Phi) is 6.41. The van der Waals surface area contributed by atoms with Gasteiger partial charge in [-0.1, -0.05) is 17.7 Å². The van der Waals surface area contributed by atoms with Crippen molar-refractivity contribution in [1.82, 2.24) is 14.1 Å². The van der Waals surface area contributed by atoms with Crippen LogP contribution in [-0.4, -0.2) is 61.4 Å². The molecule has 11 heteroatoms. The Morgan fingerprint density at radius 1 is 1.09 bits per heavy atom. The molecule has 0 radical (unpaired) electrons. The van der Waals surface area contributed by atoms with Gasteiger partial charge in [0.05, 0.1) is 28.1 Å². The van der Waals surface area contributed by atoms with Crippen LogP contribution in [0.5, 0.6) is 0 Å². The van der Waals surface area contributed by atoms with Gasteiger partial charge in [-0.15, -0.1) is 0 Å². The molecule has 1 aromatic heterocycles. The van der Waals surface area contributed by atoms with E-state index in [-0.39, 0.29) is 42.5 Å². The van der Waals surface area contributed by atoms with Gasteiger partial charge >= 0.3 is 0 Å². The number of sulfone groups is 1. The molecule has 0 spiro atoms. The van der Waals surface area contributed by atoms with E-state index in [0.29, 0.717) is 41.2 Å². The lowest BCUT2D eigenvalue weighted by Crippen LogP contribution is -2.41. The maximum atomic E-state index is 13.1. The summed E-state index contributed by atoms with van der Waals surface area (Å²) < 4.78 is 53.0. The van der Waals surface area contributed by atoms with Crippen LogP contribution in [0.4, 0.5) is 5.82 Å². The molecule has 180 valence electrons. The highest BCUT2D eigenvalue weighted by molar-refractivity contribution is 7.91. The van der Waals surface area contributed by atoms with Gasteiger partial charge in [-0.25, -0.2) is 21.5 Å². The number of sulfonamides is 1. The van der Waals surface area contributed by atoms with Crippen LogP contribution in [0.1, 0.15) is 42.1 Å². The average molecular weight is 495 g/mol. The second-order valence-corrected chi connectivity index (χ2v) is 13.2. The van der Waals surface area contributed by atoms with Gasteiger partial charge in [0.2, 0.25) is 15.9 Å². The molecule has 1 aromatic carbocycles. The number of nitrogens with zero attached hydrogens (tertiary/aromatic N) is 3. The lowest BCUT2D eigenvalue weighted by atomic mass is 9.97. The molecule has 2 aliphatic heterocycles. The van der Waals surface area contributed by atoms with Gasteiger partial charge in [0.15, 0.2) is 9.84 Å². The minimum absolute atomic E-state index is 0.0195. The van der Waals surface area contributed by atoms with Crippen molar-refractivity contribution >= 4 is 31.6 Å². The van der Waals surface area contributed by atoms with Gasteiger partial charge < -0.3 is 5.32 Å². The van der Waals surface area contributed by atoms with Gasteiger partial charge in [0.25, 0.3) is 0 Å². The Hall–Kier alpha value is -2.24. The smallest absolute Gasteiger partial charge is 0.243 e. The molecule has 3 heterocycles. The van der Waals surface area contributed by atoms with Crippen LogP contribution in [0, 0.1) is 26.7 Å². The SMILES string of the molecule is Cc1ccc(S(=O)(=O)N2CCC(C(=O)Nc3cc(C)nn3C3CCS(=O)(=O)C3)CC2)c(C)c1. The molecule has 2 saturated heterocycles. The summed E-state index contributed by atoms with van der Waals surface area (Å²) >= 11 is 0. The summed E-state index contributed by atoms with van der Waals surface area (Å²) in [5.74, 6) is 0.111. The highest BCUT2D eigenvalue weighted by Crippen LogP contribution is 2.29. The Balaban J connectivity index is 1.42. The number of piperidine rings is 1. The summed E-state index contributed by atoms with van der Waals surface area (Å²) in [4.78, 5) is 13.3. The van der Waals surface area contributed by atoms with E-state index in [9.17, 15) is 21.6 Å². The van der Waals surface area contributed by atoms with Crippen molar-refractivity contribution in [2.75, 3.05) is 29.9 Å². The molecule has 0 saturated carbocycles. The number of aryl methyl sites for hydroxylation is 3. The molecule has 2 fully saturated rings. The fourth-order valence-electron chi connectivity index (χ4n) is 4.67. The number of aromatic nitrogens is 2. The number of carbonyl (C=O) groups is 1. The predicted octanol–water partition coefficient (Wildman–Crippen LogP) is 2.21. The van der Waals surface area contributed by atoms with Gasteiger partial charge in [-0.3, -0.25) is 4.79 Å². The van der Waals surface area contributed by atoms with E-state index in [1.54, 1.807) is 36.7 Å². The van der Waals surface area contributed by atoms with Crippen molar-refractivity contribution in [3.8, 4) is 0 Å². The Morgan fingerprint density at radius 3 is 2.39 bits per heavy atom. The molecular formula is C22H30N4O5S2. The molecule has 0 bridgehead atoms. The fourth-order valence-corrected chi connectivity index (χ4v) is 8.04. The summed E-state index contributed by atoms with van der Waals surface area (Å²) in [6, 6.07) is 6.74. The summed E-state index contributed by atoms with van der Waals surface area (Å²) in [7, 11) is -6.70. The van der Waals surface area contributed by atoms with E-state index < -0.39 is 19.9 Å². The standard InChI is InChI=1S/C22H30N4O5S2/c1-15-4-5-20(16(2)12-15)33(30,31)25-9-6-18(7-10-25)22(27)23-21-13-17(3)24-26(21)19-8-11-32(28,29)14-19/h4-5,12-13,18-19H,6-11,14H2,1-3H3,(H,23,27). The third kappa shape index (κ3) is 4.99. The second kappa shape index (κ2) is 8.84. The normalized spacial score (nSPS) is 21.8. The Labute approximate surface area is 195 Å². The number of hydrogen-bond donors (Lipinski definition) is 1. The highest BCUT2D eigenvalue weighted by atomic mass is 32.2. The van der Waals surface area contributed by atoms with Gasteiger partial charge in [-0.05, 0) is 51.7 Å². The maximum Gasteiger partial charge on any atom is 0.243 e. The van der Waals surface area contributed by atoms with Crippen molar-refractivity contribution in [3.05, 3.63) is 41.1 Å². The lowest BCUT2D eigenvalue weighted by Gasteiger charge is -2.31. The second-order valence-electron chi connectivity index (χ2n) is 9.11. The van der Waals surface area contributed by atoms with Crippen molar-refractivity contribution in [3.63, 3.8) is 0 Å². The number of rotatable bonds is 5. The monoisotopic (exact) mass is 494 g/mol. The summed E-state index contributed by atoms with van der Waals surface area (Å²) in [6.07, 6.45) is 1.31. The van der Waals surface area contributed by atoms with E-state index in [4.69, 9.17) is 0 Å². The van der Waals surface area contributed by atoms with E-state index in [0.717, 1.165) is 5.56 Å². The predicted molar refractivity (Wildman–Crippen MR) is 125 cm³/mol. The van der Waals surface area contributed by atoms with Gasteiger partial charge in [-0.2, -0.15) is 9.40 Å². The lowest BCUT2D eigenvalue weighted by molar-refractivity contribution is -0.121. The zero-order valence-electron chi connectivity index (χ0n) is 19.1. The first-order chi connectivity index (χ1) is 15.5. The number of anilines is 1. The van der Waals surface area contributed by atoms with Crippen molar-refractivity contribution < 1.29 is 21.6 Å². The molecule has 0 aliphatic carbocycles. The number of hydrogen-bond acceptors (Lipinski definition) is 6. The Morgan fingerprint density at radius 2 is 1.79 bits per heavy atom.